The van der Waals surface area contributed by atoms with Crippen molar-refractivity contribution in [2.24, 2.45) is 0 Å². The molecule has 0 spiro atoms. The van der Waals surface area contributed by atoms with Crippen LogP contribution in [-0.4, -0.2) is 17.4 Å². The van der Waals surface area contributed by atoms with E-state index >= 15 is 0 Å². The van der Waals surface area contributed by atoms with Crippen molar-refractivity contribution in [3.8, 4) is 11.5 Å². The maximum Gasteiger partial charge on any atom is 0.311 e. The zero-order chi connectivity index (χ0) is 19.4. The first-order valence-electron chi connectivity index (χ1n) is 10.6. The zero-order valence-corrected chi connectivity index (χ0v) is 18.6. The number of esters is 1. The van der Waals surface area contributed by atoms with Gasteiger partial charge in [-0.3, -0.25) is 4.79 Å². The Labute approximate surface area is 172 Å². The number of hydrogen-bond acceptors (Lipinski definition) is 3. The highest BCUT2D eigenvalue weighted by Crippen LogP contribution is 2.51. The molecule has 0 amide bonds. The van der Waals surface area contributed by atoms with Gasteiger partial charge in [-0.05, 0) is 55.2 Å². The van der Waals surface area contributed by atoms with E-state index in [1.165, 1.54) is 31.2 Å². The Hall–Kier alpha value is -1.03. The number of alkyl halides is 1. The fourth-order valence-electron chi connectivity index (χ4n) is 4.42. The van der Waals surface area contributed by atoms with E-state index in [1.54, 1.807) is 0 Å². The van der Waals surface area contributed by atoms with Crippen LogP contribution >= 0.6 is 15.9 Å². The predicted octanol–water partition coefficient (Wildman–Crippen LogP) is 6.65. The molecule has 1 aromatic rings. The summed E-state index contributed by atoms with van der Waals surface area (Å²) in [7, 11) is 0. The molecule has 1 aliphatic carbocycles. The monoisotopic (exact) mass is 436 g/mol. The summed E-state index contributed by atoms with van der Waals surface area (Å²) < 4.78 is 12.3. The first-order chi connectivity index (χ1) is 13.0. The highest BCUT2D eigenvalue weighted by Gasteiger charge is 2.40. The van der Waals surface area contributed by atoms with Gasteiger partial charge < -0.3 is 9.47 Å². The highest BCUT2D eigenvalue weighted by molar-refractivity contribution is 9.09. The molecule has 1 heterocycles. The van der Waals surface area contributed by atoms with Crippen molar-refractivity contribution < 1.29 is 14.3 Å². The number of carbonyl (C=O) groups excluding carboxylic acids is 1. The van der Waals surface area contributed by atoms with Crippen LogP contribution in [0.25, 0.3) is 0 Å². The molecule has 27 heavy (non-hydrogen) atoms. The number of carbonyl (C=O) groups is 1. The van der Waals surface area contributed by atoms with Gasteiger partial charge in [0.2, 0.25) is 0 Å². The normalized spacial score (nSPS) is 21.3. The standard InChI is InChI=1S/C23H33BrO3/c1-4-5-12-23(2,3)16-14-19-22(17-9-6-7-10-18(17)26-19)20(15-16)27-21(25)11-8-13-24/h14-15,17-18H,4-13H2,1-3H3. The summed E-state index contributed by atoms with van der Waals surface area (Å²) in [5.74, 6) is 1.94. The maximum atomic E-state index is 12.4. The molecule has 2 unspecified atom stereocenters. The Morgan fingerprint density at radius 1 is 1.26 bits per heavy atom. The van der Waals surface area contributed by atoms with Crippen molar-refractivity contribution in [1.29, 1.82) is 0 Å². The number of rotatable bonds is 8. The average molecular weight is 437 g/mol. The molecule has 0 aromatic heterocycles. The second-order valence-corrected chi connectivity index (χ2v) is 9.48. The molecule has 1 fully saturated rings. The van der Waals surface area contributed by atoms with Crippen LogP contribution in [0.3, 0.4) is 0 Å². The largest absolute Gasteiger partial charge is 0.489 e. The molecule has 0 bridgehead atoms. The van der Waals surface area contributed by atoms with Crippen molar-refractivity contribution in [2.75, 3.05) is 5.33 Å². The third-order valence-electron chi connectivity index (χ3n) is 6.13. The molecule has 0 saturated heterocycles. The van der Waals surface area contributed by atoms with E-state index in [4.69, 9.17) is 9.47 Å². The summed E-state index contributed by atoms with van der Waals surface area (Å²) in [5, 5.41) is 0.818. The van der Waals surface area contributed by atoms with Crippen LogP contribution in [0.2, 0.25) is 0 Å². The smallest absolute Gasteiger partial charge is 0.311 e. The Bertz CT molecular complexity index is 668. The molecule has 2 aliphatic rings. The van der Waals surface area contributed by atoms with Crippen molar-refractivity contribution in [3.63, 3.8) is 0 Å². The number of benzene rings is 1. The van der Waals surface area contributed by atoms with Crippen LogP contribution in [0.15, 0.2) is 12.1 Å². The van der Waals surface area contributed by atoms with E-state index in [0.717, 1.165) is 48.1 Å². The first-order valence-corrected chi connectivity index (χ1v) is 11.7. The Balaban J connectivity index is 1.94. The fourth-order valence-corrected chi connectivity index (χ4v) is 4.70. The van der Waals surface area contributed by atoms with Crippen LogP contribution in [0.1, 0.15) is 95.6 Å². The number of ether oxygens (including phenoxy) is 2. The van der Waals surface area contributed by atoms with E-state index in [-0.39, 0.29) is 17.5 Å². The molecular formula is C23H33BrO3. The molecule has 4 heteroatoms. The van der Waals surface area contributed by atoms with Gasteiger partial charge in [-0.25, -0.2) is 0 Å². The van der Waals surface area contributed by atoms with Gasteiger partial charge in [0.1, 0.15) is 17.6 Å². The topological polar surface area (TPSA) is 35.5 Å². The molecule has 0 N–H and O–H groups in total. The van der Waals surface area contributed by atoms with Gasteiger partial charge in [-0.15, -0.1) is 0 Å². The van der Waals surface area contributed by atoms with Crippen LogP contribution in [0.5, 0.6) is 11.5 Å². The minimum Gasteiger partial charge on any atom is -0.489 e. The molecule has 3 nitrogen and oxygen atoms in total. The summed E-state index contributed by atoms with van der Waals surface area (Å²) in [5.41, 5.74) is 2.40. The maximum absolute atomic E-state index is 12.4. The van der Waals surface area contributed by atoms with E-state index in [1.807, 2.05) is 0 Å². The van der Waals surface area contributed by atoms with E-state index in [2.05, 4.69) is 48.8 Å². The van der Waals surface area contributed by atoms with Gasteiger partial charge in [-0.2, -0.15) is 0 Å². The lowest BCUT2D eigenvalue weighted by Crippen LogP contribution is -2.22. The third kappa shape index (κ3) is 4.70. The zero-order valence-electron chi connectivity index (χ0n) is 17.0. The molecule has 150 valence electrons. The number of halogens is 1. The summed E-state index contributed by atoms with van der Waals surface area (Å²) in [4.78, 5) is 12.4. The van der Waals surface area contributed by atoms with Crippen LogP contribution in [0.4, 0.5) is 0 Å². The minimum atomic E-state index is -0.139. The van der Waals surface area contributed by atoms with Gasteiger partial charge >= 0.3 is 5.97 Å². The Morgan fingerprint density at radius 3 is 2.78 bits per heavy atom. The first kappa shape index (κ1) is 20.7. The fraction of sp³-hybridized carbons (Fsp3) is 0.696. The van der Waals surface area contributed by atoms with Gasteiger partial charge in [0, 0.05) is 23.2 Å². The molecule has 1 saturated carbocycles. The second-order valence-electron chi connectivity index (χ2n) is 8.69. The summed E-state index contributed by atoms with van der Waals surface area (Å²) >= 11 is 3.39. The Kier molecular flexibility index (Phi) is 6.88. The average Bonchev–Trinajstić information content (AvgIpc) is 3.03. The van der Waals surface area contributed by atoms with Gasteiger partial charge in [0.15, 0.2) is 0 Å². The number of fused-ring (bicyclic) bond motifs is 3. The predicted molar refractivity (Wildman–Crippen MR) is 113 cm³/mol. The van der Waals surface area contributed by atoms with Gasteiger partial charge in [-0.1, -0.05) is 56.0 Å². The second kappa shape index (κ2) is 8.98. The highest BCUT2D eigenvalue weighted by atomic mass is 79.9. The van der Waals surface area contributed by atoms with Crippen molar-refractivity contribution in [3.05, 3.63) is 23.3 Å². The minimum absolute atomic E-state index is 0.0409. The van der Waals surface area contributed by atoms with Gasteiger partial charge in [0.05, 0.1) is 0 Å². The molecular weight excluding hydrogens is 404 g/mol. The molecule has 1 aliphatic heterocycles. The summed E-state index contributed by atoms with van der Waals surface area (Å²) in [6.07, 6.45) is 9.67. The lowest BCUT2D eigenvalue weighted by molar-refractivity contribution is -0.134. The summed E-state index contributed by atoms with van der Waals surface area (Å²) in [6.45, 7) is 6.79. The van der Waals surface area contributed by atoms with Crippen molar-refractivity contribution in [2.45, 2.75) is 96.0 Å². The van der Waals surface area contributed by atoms with E-state index in [9.17, 15) is 4.79 Å². The van der Waals surface area contributed by atoms with Crippen molar-refractivity contribution in [1.82, 2.24) is 0 Å². The number of unbranched alkanes of at least 4 members (excludes halogenated alkanes) is 1. The molecule has 3 rings (SSSR count). The molecule has 1 aromatic carbocycles. The third-order valence-corrected chi connectivity index (χ3v) is 6.69. The number of hydrogen-bond donors (Lipinski definition) is 0. The van der Waals surface area contributed by atoms with Gasteiger partial charge in [0.25, 0.3) is 0 Å². The van der Waals surface area contributed by atoms with Crippen molar-refractivity contribution >= 4 is 21.9 Å². The quantitative estimate of drug-likeness (QED) is 0.259. The van der Waals surface area contributed by atoms with E-state index in [0.29, 0.717) is 12.3 Å². The Morgan fingerprint density at radius 2 is 2.04 bits per heavy atom. The lowest BCUT2D eigenvalue weighted by Gasteiger charge is -2.27. The molecule has 0 radical (unpaired) electrons. The van der Waals surface area contributed by atoms with Crippen LogP contribution in [0, 0.1) is 0 Å². The molecule has 2 atom stereocenters. The lowest BCUT2D eigenvalue weighted by atomic mass is 9.78. The van der Waals surface area contributed by atoms with E-state index < -0.39 is 0 Å². The summed E-state index contributed by atoms with van der Waals surface area (Å²) in [6, 6.07) is 4.35. The van der Waals surface area contributed by atoms with Crippen LogP contribution in [-0.2, 0) is 10.2 Å². The van der Waals surface area contributed by atoms with Crippen LogP contribution < -0.4 is 9.47 Å². The SMILES string of the molecule is CCCCC(C)(C)c1cc(OC(=O)CCCBr)c2c(c1)OC1CCCCC21.